The number of carboxylic acid groups (broad SMARTS) is 1. The van der Waals surface area contributed by atoms with Crippen LogP contribution in [0.4, 0.5) is 5.69 Å². The number of anilines is 1. The van der Waals surface area contributed by atoms with Crippen molar-refractivity contribution in [2.45, 2.75) is 19.3 Å². The Hall–Kier alpha value is -1.89. The van der Waals surface area contributed by atoms with E-state index in [-0.39, 0.29) is 18.4 Å². The number of carboxylic acids is 1. The Balaban J connectivity index is 1.64. The maximum Gasteiger partial charge on any atom is 0.311 e. The Kier molecular flexibility index (Phi) is 4.14. The molecule has 1 heterocycles. The number of carbonyl (C=O) groups is 3. The van der Waals surface area contributed by atoms with Gasteiger partial charge in [-0.15, -0.1) is 0 Å². The van der Waals surface area contributed by atoms with Crippen molar-refractivity contribution in [2.24, 2.45) is 11.3 Å². The van der Waals surface area contributed by atoms with Gasteiger partial charge in [0.2, 0.25) is 11.8 Å². The van der Waals surface area contributed by atoms with E-state index < -0.39 is 17.3 Å². The fourth-order valence-corrected chi connectivity index (χ4v) is 3.33. The minimum absolute atomic E-state index is 0.0972. The number of carbonyl (C=O) groups excluding carboxylic acids is 2. The van der Waals surface area contributed by atoms with Gasteiger partial charge in [0.25, 0.3) is 0 Å². The van der Waals surface area contributed by atoms with Crippen molar-refractivity contribution in [1.29, 1.82) is 0 Å². The Morgan fingerprint density at radius 2 is 2.04 bits per heavy atom. The zero-order valence-electron chi connectivity index (χ0n) is 12.4. The molecule has 1 aliphatic carbocycles. The summed E-state index contributed by atoms with van der Waals surface area (Å²) in [7, 11) is 0. The summed E-state index contributed by atoms with van der Waals surface area (Å²) < 4.78 is 0.803. The quantitative estimate of drug-likeness (QED) is 0.762. The lowest BCUT2D eigenvalue weighted by atomic mass is 10.1. The zero-order valence-corrected chi connectivity index (χ0v) is 14.0. The summed E-state index contributed by atoms with van der Waals surface area (Å²) in [5.41, 5.74) is -0.0728. The molecule has 0 radical (unpaired) electrons. The standard InChI is InChI=1S/C16H17BrN2O4/c17-11-3-1-2-4-12(11)19-8-5-10(14(19)21)13(20)18-9-16(6-7-16)15(22)23/h1-4,10H,5-9H2,(H,18,20)(H,22,23). The molecule has 23 heavy (non-hydrogen) atoms. The van der Waals surface area contributed by atoms with Crippen LogP contribution >= 0.6 is 15.9 Å². The van der Waals surface area contributed by atoms with Gasteiger partial charge < -0.3 is 15.3 Å². The van der Waals surface area contributed by atoms with Crippen molar-refractivity contribution in [3.8, 4) is 0 Å². The van der Waals surface area contributed by atoms with Gasteiger partial charge in [0.15, 0.2) is 0 Å². The lowest BCUT2D eigenvalue weighted by molar-refractivity contribution is -0.143. The highest BCUT2D eigenvalue weighted by Crippen LogP contribution is 2.45. The minimum Gasteiger partial charge on any atom is -0.481 e. The molecule has 1 atom stereocenters. The highest BCUT2D eigenvalue weighted by molar-refractivity contribution is 9.10. The Bertz CT molecular complexity index is 672. The van der Waals surface area contributed by atoms with Crippen LogP contribution in [-0.4, -0.2) is 36.0 Å². The third-order valence-corrected chi connectivity index (χ3v) is 5.24. The molecule has 2 amide bonds. The van der Waals surface area contributed by atoms with E-state index in [9.17, 15) is 14.4 Å². The van der Waals surface area contributed by atoms with Crippen molar-refractivity contribution in [2.75, 3.05) is 18.0 Å². The number of hydrogen-bond acceptors (Lipinski definition) is 3. The van der Waals surface area contributed by atoms with Crippen molar-refractivity contribution in [3.05, 3.63) is 28.7 Å². The molecule has 0 aromatic heterocycles. The first kappa shape index (κ1) is 16.0. The summed E-state index contributed by atoms with van der Waals surface area (Å²) in [6.45, 7) is 0.573. The van der Waals surface area contributed by atoms with Crippen LogP contribution in [0, 0.1) is 11.3 Å². The van der Waals surface area contributed by atoms with Gasteiger partial charge in [-0.1, -0.05) is 12.1 Å². The van der Waals surface area contributed by atoms with Crippen LogP contribution in [0.1, 0.15) is 19.3 Å². The van der Waals surface area contributed by atoms with E-state index in [1.54, 1.807) is 4.90 Å². The predicted molar refractivity (Wildman–Crippen MR) is 86.9 cm³/mol. The Labute approximate surface area is 142 Å². The molecule has 122 valence electrons. The first-order valence-electron chi connectivity index (χ1n) is 7.52. The molecule has 1 saturated heterocycles. The fraction of sp³-hybridized carbons (Fsp3) is 0.438. The molecule has 7 heteroatoms. The number of hydrogen-bond donors (Lipinski definition) is 2. The molecule has 1 aromatic rings. The highest BCUT2D eigenvalue weighted by atomic mass is 79.9. The van der Waals surface area contributed by atoms with Gasteiger partial charge in [0, 0.05) is 17.6 Å². The lowest BCUT2D eigenvalue weighted by Crippen LogP contribution is -2.40. The van der Waals surface area contributed by atoms with Crippen LogP contribution in [0.2, 0.25) is 0 Å². The van der Waals surface area contributed by atoms with Gasteiger partial charge in [-0.3, -0.25) is 14.4 Å². The number of halogens is 1. The normalized spacial score (nSPS) is 22.0. The number of para-hydroxylation sites is 1. The smallest absolute Gasteiger partial charge is 0.311 e. The third-order valence-electron chi connectivity index (χ3n) is 4.57. The van der Waals surface area contributed by atoms with E-state index in [4.69, 9.17) is 5.11 Å². The van der Waals surface area contributed by atoms with Gasteiger partial charge in [0.05, 0.1) is 11.1 Å². The number of aliphatic carboxylic acids is 1. The molecular formula is C16H17BrN2O4. The molecule has 3 rings (SSSR count). The summed E-state index contributed by atoms with van der Waals surface area (Å²) in [6, 6.07) is 7.37. The SMILES string of the molecule is O=C(NCC1(C(=O)O)CC1)C1CCN(c2ccccc2Br)C1=O. The first-order chi connectivity index (χ1) is 10.9. The fourth-order valence-electron chi connectivity index (χ4n) is 2.83. The molecule has 2 aliphatic rings. The summed E-state index contributed by atoms with van der Waals surface area (Å²) in [5, 5.41) is 11.8. The van der Waals surface area contributed by atoms with E-state index in [1.165, 1.54) is 0 Å². The molecule has 2 N–H and O–H groups in total. The second-order valence-electron chi connectivity index (χ2n) is 6.09. The van der Waals surface area contributed by atoms with E-state index in [0.29, 0.717) is 25.8 Å². The van der Waals surface area contributed by atoms with Gasteiger partial charge in [-0.05, 0) is 47.3 Å². The van der Waals surface area contributed by atoms with E-state index in [0.717, 1.165) is 10.2 Å². The highest BCUT2D eigenvalue weighted by Gasteiger charge is 2.51. The average Bonchev–Trinajstić information content (AvgIpc) is 3.23. The molecule has 1 aliphatic heterocycles. The van der Waals surface area contributed by atoms with E-state index in [2.05, 4.69) is 21.2 Å². The minimum atomic E-state index is -0.884. The van der Waals surface area contributed by atoms with Crippen LogP contribution in [0.3, 0.4) is 0 Å². The summed E-state index contributed by atoms with van der Waals surface area (Å²) in [6.07, 6.45) is 1.58. The molecular weight excluding hydrogens is 364 g/mol. The van der Waals surface area contributed by atoms with E-state index in [1.807, 2.05) is 24.3 Å². The monoisotopic (exact) mass is 380 g/mol. The van der Waals surface area contributed by atoms with Crippen molar-refractivity contribution in [1.82, 2.24) is 5.32 Å². The van der Waals surface area contributed by atoms with Crippen LogP contribution in [0.25, 0.3) is 0 Å². The van der Waals surface area contributed by atoms with E-state index >= 15 is 0 Å². The maximum absolute atomic E-state index is 12.5. The van der Waals surface area contributed by atoms with Crippen LogP contribution < -0.4 is 10.2 Å². The summed E-state index contributed by atoms with van der Waals surface area (Å²) >= 11 is 3.41. The second-order valence-corrected chi connectivity index (χ2v) is 6.94. The van der Waals surface area contributed by atoms with Crippen LogP contribution in [0.15, 0.2) is 28.7 Å². The van der Waals surface area contributed by atoms with Crippen molar-refractivity contribution >= 4 is 39.4 Å². The second kappa shape index (κ2) is 5.96. The van der Waals surface area contributed by atoms with Gasteiger partial charge in [-0.2, -0.15) is 0 Å². The van der Waals surface area contributed by atoms with Crippen molar-refractivity contribution in [3.63, 3.8) is 0 Å². The number of rotatable bonds is 5. The predicted octanol–water partition coefficient (Wildman–Crippen LogP) is 1.78. The molecule has 1 unspecified atom stereocenters. The largest absolute Gasteiger partial charge is 0.481 e. The van der Waals surface area contributed by atoms with Crippen LogP contribution in [0.5, 0.6) is 0 Å². The van der Waals surface area contributed by atoms with Gasteiger partial charge in [-0.25, -0.2) is 0 Å². The average molecular weight is 381 g/mol. The maximum atomic E-state index is 12.5. The zero-order chi connectivity index (χ0) is 16.6. The summed E-state index contributed by atoms with van der Waals surface area (Å²) in [4.78, 5) is 37.5. The number of nitrogens with one attached hydrogen (secondary N) is 1. The molecule has 0 spiro atoms. The molecule has 0 bridgehead atoms. The van der Waals surface area contributed by atoms with Crippen molar-refractivity contribution < 1.29 is 19.5 Å². The summed E-state index contributed by atoms with van der Waals surface area (Å²) in [5.74, 6) is -2.25. The van der Waals surface area contributed by atoms with Crippen LogP contribution in [-0.2, 0) is 14.4 Å². The number of benzene rings is 1. The third kappa shape index (κ3) is 2.97. The number of amides is 2. The molecule has 6 nitrogen and oxygen atoms in total. The topological polar surface area (TPSA) is 86.7 Å². The Morgan fingerprint density at radius 3 is 2.65 bits per heavy atom. The molecule has 1 saturated carbocycles. The van der Waals surface area contributed by atoms with Gasteiger partial charge in [0.1, 0.15) is 5.92 Å². The molecule has 2 fully saturated rings. The van der Waals surface area contributed by atoms with Gasteiger partial charge >= 0.3 is 5.97 Å². The molecule has 1 aromatic carbocycles. The Morgan fingerprint density at radius 1 is 1.35 bits per heavy atom. The lowest BCUT2D eigenvalue weighted by Gasteiger charge is -2.18. The number of nitrogens with zero attached hydrogens (tertiary/aromatic N) is 1. The first-order valence-corrected chi connectivity index (χ1v) is 8.31.